The van der Waals surface area contributed by atoms with Crippen LogP contribution in [0.2, 0.25) is 0 Å². The first-order valence-electron chi connectivity index (χ1n) is 14.5. The lowest BCUT2D eigenvalue weighted by molar-refractivity contribution is -0.170. The van der Waals surface area contributed by atoms with Gasteiger partial charge in [-0.1, -0.05) is 35.1 Å². The van der Waals surface area contributed by atoms with Crippen LogP contribution in [0.25, 0.3) is 21.9 Å². The smallest absolute Gasteiger partial charge is 0.395 e. The van der Waals surface area contributed by atoms with Crippen LogP contribution in [0.4, 0.5) is 5.95 Å². The van der Waals surface area contributed by atoms with Crippen LogP contribution in [0.15, 0.2) is 41.1 Å². The SMILES string of the molecule is COc1nc(N)nc2c1nc(I)n2[C@@H]1O[C@H](COc2ccc3ccccc3c2O[P+]([O-])=N[C@@H](C)C(=O)OC2CCC2)[C@@H](O)[C@@]1(C)O. The zero-order valence-corrected chi connectivity index (χ0v) is 28.1. The fraction of sp³-hybridized carbons (Fsp3) is 0.448. The maximum Gasteiger partial charge on any atom is 0.395 e. The number of carbonyl (C=O) groups excluding carboxylic acids is 1. The summed E-state index contributed by atoms with van der Waals surface area (Å²) in [6, 6.07) is 9.68. The maximum absolute atomic E-state index is 13.0. The summed E-state index contributed by atoms with van der Waals surface area (Å²) in [5.41, 5.74) is 4.62. The number of nitrogen functional groups attached to an aromatic ring is 1. The highest BCUT2D eigenvalue weighted by Gasteiger charge is 2.54. The number of halogens is 1. The van der Waals surface area contributed by atoms with Gasteiger partial charge in [-0.25, -0.2) is 9.78 Å². The second-order valence-corrected chi connectivity index (χ2v) is 13.1. The molecule has 2 fully saturated rings. The van der Waals surface area contributed by atoms with E-state index in [1.165, 1.54) is 25.5 Å². The average molecular weight is 766 g/mol. The molecule has 3 heterocycles. The molecule has 244 valence electrons. The summed E-state index contributed by atoms with van der Waals surface area (Å²) in [5.74, 6) is -0.163. The van der Waals surface area contributed by atoms with Crippen LogP contribution in [0, 0.1) is 3.83 Å². The number of aliphatic hydroxyl groups is 2. The molecule has 4 N–H and O–H groups in total. The van der Waals surface area contributed by atoms with E-state index in [0.717, 1.165) is 24.6 Å². The van der Waals surface area contributed by atoms with Crippen molar-refractivity contribution in [3.8, 4) is 17.4 Å². The topological polar surface area (TPSA) is 209 Å². The van der Waals surface area contributed by atoms with E-state index in [1.807, 2.05) is 34.7 Å². The van der Waals surface area contributed by atoms with E-state index in [1.54, 1.807) is 24.3 Å². The van der Waals surface area contributed by atoms with Gasteiger partial charge in [-0.05, 0) is 44.6 Å². The van der Waals surface area contributed by atoms with E-state index >= 15 is 0 Å². The maximum atomic E-state index is 13.0. The lowest BCUT2D eigenvalue weighted by Crippen LogP contribution is -2.45. The summed E-state index contributed by atoms with van der Waals surface area (Å²) in [6.45, 7) is 2.70. The van der Waals surface area contributed by atoms with Crippen LogP contribution in [-0.4, -0.2) is 79.4 Å². The molecule has 2 aromatic heterocycles. The van der Waals surface area contributed by atoms with Gasteiger partial charge in [0.05, 0.1) is 7.11 Å². The molecule has 1 saturated carbocycles. The number of methoxy groups -OCH3 is 1. The first kappa shape index (κ1) is 32.5. The molecule has 0 bridgehead atoms. The fourth-order valence-corrected chi connectivity index (χ4v) is 6.78. The number of aromatic nitrogens is 4. The molecular weight excluding hydrogens is 734 g/mol. The molecule has 0 spiro atoms. The number of benzene rings is 2. The first-order valence-corrected chi connectivity index (χ1v) is 16.7. The third kappa shape index (κ3) is 6.16. The summed E-state index contributed by atoms with van der Waals surface area (Å²) >= 11 is 1.96. The van der Waals surface area contributed by atoms with E-state index in [4.69, 9.17) is 29.2 Å². The summed E-state index contributed by atoms with van der Waals surface area (Å²) in [4.78, 5) is 38.2. The highest BCUT2D eigenvalue weighted by atomic mass is 127. The molecule has 17 heteroatoms. The van der Waals surface area contributed by atoms with Crippen LogP contribution in [0.1, 0.15) is 39.3 Å². The van der Waals surface area contributed by atoms with Crippen LogP contribution in [-0.2, 0) is 14.3 Å². The molecule has 1 aliphatic heterocycles. The van der Waals surface area contributed by atoms with Crippen molar-refractivity contribution in [2.75, 3.05) is 19.5 Å². The Morgan fingerprint density at radius 3 is 2.76 bits per heavy atom. The number of imidazole rings is 1. The van der Waals surface area contributed by atoms with Crippen molar-refractivity contribution in [3.63, 3.8) is 0 Å². The number of aliphatic hydroxyl groups excluding tert-OH is 1. The molecule has 15 nitrogen and oxygen atoms in total. The number of nitrogens with zero attached hydrogens (tertiary/aromatic N) is 5. The number of hydrogen-bond acceptors (Lipinski definition) is 14. The van der Waals surface area contributed by atoms with E-state index in [9.17, 15) is 19.9 Å². The quantitative estimate of drug-likeness (QED) is 0.0920. The molecule has 1 saturated heterocycles. The van der Waals surface area contributed by atoms with Crippen molar-refractivity contribution in [1.82, 2.24) is 19.5 Å². The number of hydrogen-bond donors (Lipinski definition) is 3. The van der Waals surface area contributed by atoms with E-state index in [2.05, 4.69) is 19.7 Å². The largest absolute Gasteiger partial charge is 0.575 e. The van der Waals surface area contributed by atoms with Crippen molar-refractivity contribution in [2.45, 2.75) is 69.3 Å². The second-order valence-electron chi connectivity index (χ2n) is 11.2. The van der Waals surface area contributed by atoms with Gasteiger partial charge in [0.15, 0.2) is 33.0 Å². The summed E-state index contributed by atoms with van der Waals surface area (Å²) < 4.78 is 34.6. The summed E-state index contributed by atoms with van der Waals surface area (Å²) in [7, 11) is -1.28. The zero-order chi connectivity index (χ0) is 32.7. The lowest BCUT2D eigenvalue weighted by Gasteiger charge is -2.27. The Hall–Kier alpha value is -3.41. The molecule has 1 unspecified atom stereocenters. The zero-order valence-electron chi connectivity index (χ0n) is 25.1. The minimum absolute atomic E-state index is 0.0708. The summed E-state index contributed by atoms with van der Waals surface area (Å²) in [5, 5.41) is 24.0. The number of nitrogens with two attached hydrogens (primary N) is 1. The second kappa shape index (κ2) is 13.0. The normalized spacial score (nSPS) is 24.2. The molecule has 0 amide bonds. The number of carbonyl (C=O) groups is 1. The van der Waals surface area contributed by atoms with Gasteiger partial charge in [0, 0.05) is 28.0 Å². The van der Waals surface area contributed by atoms with Crippen LogP contribution >= 0.6 is 30.8 Å². The first-order chi connectivity index (χ1) is 22.0. The van der Waals surface area contributed by atoms with Crippen molar-refractivity contribution in [2.24, 2.45) is 4.74 Å². The molecule has 2 aliphatic rings. The molecular formula is C29H32IN6O9P. The van der Waals surface area contributed by atoms with Crippen molar-refractivity contribution < 1.29 is 43.4 Å². The molecule has 4 aromatic rings. The van der Waals surface area contributed by atoms with Crippen molar-refractivity contribution >= 4 is 64.6 Å². The monoisotopic (exact) mass is 766 g/mol. The lowest BCUT2D eigenvalue weighted by atomic mass is 9.96. The highest BCUT2D eigenvalue weighted by Crippen LogP contribution is 2.44. The van der Waals surface area contributed by atoms with Crippen LogP contribution in [0.3, 0.4) is 0 Å². The number of esters is 1. The van der Waals surface area contributed by atoms with Gasteiger partial charge in [0.1, 0.15) is 30.5 Å². The standard InChI is InChI=1S/C29H32IN6O9P/c1-14(25(38)43-16-8-6-9-16)35-46(40)45-21-17-10-5-4-7-15(17)11-12-18(21)42-13-19-22(37)29(2,39)26(44-19)36-23-20(32-27(36)30)24(41-3)34-28(31)33-23/h4-5,7,10-12,14,16,19,22,26,37,39H,6,8-9,13H2,1-3H3,(H2,31,33,34)/t14-,19+,22+,26+,29+/m0/s1. The Bertz CT molecular complexity index is 1820. The third-order valence-corrected chi connectivity index (χ3v) is 9.66. The highest BCUT2D eigenvalue weighted by molar-refractivity contribution is 14.1. The molecule has 6 rings (SSSR count). The minimum atomic E-state index is -2.70. The van der Waals surface area contributed by atoms with E-state index < -0.39 is 44.2 Å². The van der Waals surface area contributed by atoms with Gasteiger partial charge < -0.3 is 39.8 Å². The number of ether oxygens (including phenoxy) is 4. The molecule has 6 atom stereocenters. The Morgan fingerprint density at radius 2 is 2.04 bits per heavy atom. The average Bonchev–Trinajstić information content (AvgIpc) is 3.44. The van der Waals surface area contributed by atoms with Crippen LogP contribution < -0.4 is 24.6 Å². The number of fused-ring (bicyclic) bond motifs is 2. The Kier molecular flexibility index (Phi) is 9.20. The fourth-order valence-electron chi connectivity index (χ4n) is 5.29. The molecule has 2 aromatic carbocycles. The van der Waals surface area contributed by atoms with Gasteiger partial charge in [-0.2, -0.15) is 9.97 Å². The molecule has 46 heavy (non-hydrogen) atoms. The number of rotatable bonds is 10. The molecule has 1 aliphatic carbocycles. The van der Waals surface area contributed by atoms with E-state index in [0.29, 0.717) is 14.7 Å². The predicted molar refractivity (Wildman–Crippen MR) is 172 cm³/mol. The Balaban J connectivity index is 1.24. The number of anilines is 1. The minimum Gasteiger partial charge on any atom is -0.575 e. The Morgan fingerprint density at radius 1 is 1.28 bits per heavy atom. The van der Waals surface area contributed by atoms with Gasteiger partial charge in [-0.3, -0.25) is 9.09 Å². The van der Waals surface area contributed by atoms with E-state index in [-0.39, 0.29) is 41.7 Å². The van der Waals surface area contributed by atoms with Gasteiger partial charge in [0.2, 0.25) is 17.6 Å². The third-order valence-electron chi connectivity index (χ3n) is 8.02. The predicted octanol–water partition coefficient (Wildman–Crippen LogP) is 2.98. The molecule has 0 radical (unpaired) electrons. The van der Waals surface area contributed by atoms with Crippen molar-refractivity contribution in [3.05, 3.63) is 40.2 Å². The van der Waals surface area contributed by atoms with Gasteiger partial charge >= 0.3 is 14.1 Å². The van der Waals surface area contributed by atoms with Gasteiger partial charge in [-0.15, -0.1) is 0 Å². The van der Waals surface area contributed by atoms with Gasteiger partial charge in [0.25, 0.3) is 0 Å². The van der Waals surface area contributed by atoms with Crippen LogP contribution in [0.5, 0.6) is 17.4 Å². The Labute approximate surface area is 277 Å². The van der Waals surface area contributed by atoms with Crippen molar-refractivity contribution in [1.29, 1.82) is 0 Å². The summed E-state index contributed by atoms with van der Waals surface area (Å²) in [6.07, 6.45) is -1.09.